The first-order valence-corrected chi connectivity index (χ1v) is 7.85. The summed E-state index contributed by atoms with van der Waals surface area (Å²) in [6, 6.07) is 5.09. The minimum Gasteiger partial charge on any atom is -0.378 e. The van der Waals surface area contributed by atoms with Crippen LogP contribution in [0, 0.1) is 0 Å². The predicted molar refractivity (Wildman–Crippen MR) is 87.8 cm³/mol. The summed E-state index contributed by atoms with van der Waals surface area (Å²) in [4.78, 5) is 27.3. The van der Waals surface area contributed by atoms with Crippen molar-refractivity contribution in [1.82, 2.24) is 10.3 Å². The number of amides is 2. The topological polar surface area (TPSA) is 97.2 Å². The van der Waals surface area contributed by atoms with E-state index in [9.17, 15) is 9.59 Å². The highest BCUT2D eigenvalue weighted by Crippen LogP contribution is 2.30. The average molecular weight is 356 g/mol. The van der Waals surface area contributed by atoms with Crippen molar-refractivity contribution in [2.24, 2.45) is 5.73 Å². The first-order valence-electron chi connectivity index (χ1n) is 7.10. The Kier molecular flexibility index (Phi) is 4.23. The van der Waals surface area contributed by atoms with Gasteiger partial charge in [0, 0.05) is 22.5 Å². The van der Waals surface area contributed by atoms with Gasteiger partial charge >= 0.3 is 0 Å². The number of halogens is 2. The van der Waals surface area contributed by atoms with Gasteiger partial charge in [-0.1, -0.05) is 23.2 Å². The number of hydrogen-bond donors (Lipinski definition) is 3. The molecular formula is C15H15Cl2N3O3. The fourth-order valence-electron chi connectivity index (χ4n) is 2.72. The highest BCUT2D eigenvalue weighted by atomic mass is 35.5. The molecule has 1 aliphatic rings. The summed E-state index contributed by atoms with van der Waals surface area (Å²) in [6.07, 6.45) is 1.07. The third-order valence-corrected chi connectivity index (χ3v) is 4.62. The monoisotopic (exact) mass is 355 g/mol. The molecule has 1 aromatic heterocycles. The largest absolute Gasteiger partial charge is 0.378 e. The van der Waals surface area contributed by atoms with Gasteiger partial charge in [0.15, 0.2) is 0 Å². The van der Waals surface area contributed by atoms with E-state index in [0.717, 1.165) is 0 Å². The highest BCUT2D eigenvalue weighted by molar-refractivity contribution is 6.39. The molecule has 2 aromatic rings. The zero-order valence-corrected chi connectivity index (χ0v) is 13.6. The fraction of sp³-hybridized carbons (Fsp3) is 0.333. The first kappa shape index (κ1) is 16.1. The van der Waals surface area contributed by atoms with Crippen LogP contribution in [0.3, 0.4) is 0 Å². The SMILES string of the molecule is NC(=O)C1(NC(=O)c2[nH]c3ccc(Cl)cc3c2Cl)CCCOC1. The number of H-pyrrole nitrogens is 1. The van der Waals surface area contributed by atoms with Gasteiger partial charge in [0.25, 0.3) is 5.91 Å². The van der Waals surface area contributed by atoms with Crippen LogP contribution in [0.4, 0.5) is 0 Å². The van der Waals surface area contributed by atoms with E-state index in [1.54, 1.807) is 18.2 Å². The molecule has 1 atom stereocenters. The van der Waals surface area contributed by atoms with Gasteiger partial charge < -0.3 is 20.8 Å². The van der Waals surface area contributed by atoms with Crippen LogP contribution >= 0.6 is 23.2 Å². The first-order chi connectivity index (χ1) is 10.9. The lowest BCUT2D eigenvalue weighted by molar-refractivity contribution is -0.129. The third-order valence-electron chi connectivity index (χ3n) is 3.99. The molecule has 3 rings (SSSR count). The molecule has 0 aliphatic carbocycles. The van der Waals surface area contributed by atoms with Gasteiger partial charge in [-0.3, -0.25) is 9.59 Å². The second-order valence-corrected chi connectivity index (χ2v) is 6.37. The Bertz CT molecular complexity index is 782. The smallest absolute Gasteiger partial charge is 0.270 e. The Balaban J connectivity index is 1.94. The zero-order valence-electron chi connectivity index (χ0n) is 12.1. The number of nitrogens with one attached hydrogen (secondary N) is 2. The zero-order chi connectivity index (χ0) is 16.6. The van der Waals surface area contributed by atoms with E-state index in [0.29, 0.717) is 35.4 Å². The van der Waals surface area contributed by atoms with Gasteiger partial charge in [0.05, 0.1) is 11.6 Å². The Morgan fingerprint density at radius 1 is 1.35 bits per heavy atom. The Labute approximate surface area is 142 Å². The van der Waals surface area contributed by atoms with Gasteiger partial charge in [0.1, 0.15) is 11.2 Å². The van der Waals surface area contributed by atoms with Gasteiger partial charge in [0.2, 0.25) is 5.91 Å². The summed E-state index contributed by atoms with van der Waals surface area (Å²) in [7, 11) is 0. The molecule has 0 radical (unpaired) electrons. The number of carbonyl (C=O) groups excluding carboxylic acids is 2. The molecule has 1 fully saturated rings. The molecule has 0 saturated carbocycles. The van der Waals surface area contributed by atoms with Crippen molar-refractivity contribution in [3.05, 3.63) is 33.9 Å². The lowest BCUT2D eigenvalue weighted by Gasteiger charge is -2.34. The van der Waals surface area contributed by atoms with E-state index in [4.69, 9.17) is 33.7 Å². The van der Waals surface area contributed by atoms with E-state index < -0.39 is 17.4 Å². The number of ether oxygens (including phenoxy) is 1. The second-order valence-electron chi connectivity index (χ2n) is 5.56. The molecule has 2 heterocycles. The molecule has 1 aliphatic heterocycles. The quantitative estimate of drug-likeness (QED) is 0.787. The number of carbonyl (C=O) groups is 2. The number of primary amides is 1. The maximum Gasteiger partial charge on any atom is 0.270 e. The van der Waals surface area contributed by atoms with Crippen LogP contribution in [0.5, 0.6) is 0 Å². The van der Waals surface area contributed by atoms with Crippen molar-refractivity contribution in [2.75, 3.05) is 13.2 Å². The molecule has 1 saturated heterocycles. The Morgan fingerprint density at radius 2 is 2.13 bits per heavy atom. The summed E-state index contributed by atoms with van der Waals surface area (Å²) < 4.78 is 5.31. The van der Waals surface area contributed by atoms with Crippen LogP contribution in [0.25, 0.3) is 10.9 Å². The standard InChI is InChI=1S/C15H15Cl2N3O3/c16-8-2-3-10-9(6-8)11(17)12(19-10)13(21)20-15(14(18)22)4-1-5-23-7-15/h2-3,6,19H,1,4-5,7H2,(H2,18,22)(H,20,21). The molecule has 8 heteroatoms. The molecule has 0 bridgehead atoms. The number of nitrogens with two attached hydrogens (primary N) is 1. The van der Waals surface area contributed by atoms with E-state index in [-0.39, 0.29) is 17.3 Å². The van der Waals surface area contributed by atoms with Gasteiger partial charge in [-0.25, -0.2) is 0 Å². The fourth-order valence-corrected chi connectivity index (χ4v) is 3.18. The molecule has 2 amide bonds. The number of fused-ring (bicyclic) bond motifs is 1. The second kappa shape index (κ2) is 6.03. The van der Waals surface area contributed by atoms with Crippen LogP contribution in [0.1, 0.15) is 23.3 Å². The molecule has 0 spiro atoms. The van der Waals surface area contributed by atoms with Crippen molar-refractivity contribution in [1.29, 1.82) is 0 Å². The summed E-state index contributed by atoms with van der Waals surface area (Å²) in [5, 5.41) is 4.07. The minimum atomic E-state index is -1.21. The number of aromatic nitrogens is 1. The lowest BCUT2D eigenvalue weighted by atomic mass is 9.91. The number of hydrogen-bond acceptors (Lipinski definition) is 3. The third kappa shape index (κ3) is 2.89. The minimum absolute atomic E-state index is 0.0533. The maximum atomic E-state index is 12.6. The highest BCUT2D eigenvalue weighted by Gasteiger charge is 2.41. The van der Waals surface area contributed by atoms with E-state index in [1.165, 1.54) is 0 Å². The van der Waals surface area contributed by atoms with Crippen LogP contribution in [0.15, 0.2) is 18.2 Å². The molecular weight excluding hydrogens is 341 g/mol. The van der Waals surface area contributed by atoms with E-state index in [2.05, 4.69) is 10.3 Å². The van der Waals surface area contributed by atoms with Crippen molar-refractivity contribution < 1.29 is 14.3 Å². The Hall–Kier alpha value is -1.76. The van der Waals surface area contributed by atoms with Crippen molar-refractivity contribution in [2.45, 2.75) is 18.4 Å². The Morgan fingerprint density at radius 3 is 2.78 bits per heavy atom. The van der Waals surface area contributed by atoms with Crippen molar-refractivity contribution in [3.63, 3.8) is 0 Å². The molecule has 4 N–H and O–H groups in total. The maximum absolute atomic E-state index is 12.6. The van der Waals surface area contributed by atoms with Gasteiger partial charge in [-0.15, -0.1) is 0 Å². The average Bonchev–Trinajstić information content (AvgIpc) is 2.85. The summed E-state index contributed by atoms with van der Waals surface area (Å²) in [5.74, 6) is -1.13. The summed E-state index contributed by atoms with van der Waals surface area (Å²) >= 11 is 12.2. The predicted octanol–water partition coefficient (Wildman–Crippen LogP) is 2.24. The van der Waals surface area contributed by atoms with Gasteiger partial charge in [-0.2, -0.15) is 0 Å². The van der Waals surface area contributed by atoms with Crippen LogP contribution < -0.4 is 11.1 Å². The number of rotatable bonds is 3. The van der Waals surface area contributed by atoms with Crippen LogP contribution in [0.2, 0.25) is 10.0 Å². The number of benzene rings is 1. The lowest BCUT2D eigenvalue weighted by Crippen LogP contribution is -2.62. The van der Waals surface area contributed by atoms with Crippen LogP contribution in [-0.4, -0.2) is 35.6 Å². The van der Waals surface area contributed by atoms with E-state index in [1.807, 2.05) is 0 Å². The molecule has 1 aromatic carbocycles. The van der Waals surface area contributed by atoms with Crippen LogP contribution in [-0.2, 0) is 9.53 Å². The molecule has 6 nitrogen and oxygen atoms in total. The molecule has 122 valence electrons. The molecule has 1 unspecified atom stereocenters. The van der Waals surface area contributed by atoms with Crippen molar-refractivity contribution in [3.8, 4) is 0 Å². The van der Waals surface area contributed by atoms with Crippen molar-refractivity contribution >= 4 is 45.9 Å². The normalized spacial score (nSPS) is 21.3. The molecule has 23 heavy (non-hydrogen) atoms. The van der Waals surface area contributed by atoms with E-state index >= 15 is 0 Å². The number of aromatic amines is 1. The van der Waals surface area contributed by atoms with Gasteiger partial charge in [-0.05, 0) is 31.0 Å². The summed E-state index contributed by atoms with van der Waals surface area (Å²) in [5.41, 5.74) is 5.09. The summed E-state index contributed by atoms with van der Waals surface area (Å²) in [6.45, 7) is 0.592.